The van der Waals surface area contributed by atoms with Gasteiger partial charge in [0.1, 0.15) is 5.75 Å². The Labute approximate surface area is 114 Å². The molecule has 0 radical (unpaired) electrons. The average molecular weight is 265 g/mol. The Balaban J connectivity index is 2.88. The highest BCUT2D eigenvalue weighted by Crippen LogP contribution is 2.27. The molecule has 2 N–H and O–H groups in total. The number of hydrogen-bond donors (Lipinski definition) is 2. The van der Waals surface area contributed by atoms with Crippen LogP contribution in [-0.2, 0) is 16.8 Å². The van der Waals surface area contributed by atoms with Gasteiger partial charge in [0.05, 0.1) is 13.7 Å². The van der Waals surface area contributed by atoms with Gasteiger partial charge in [0.2, 0.25) is 5.91 Å². The minimum Gasteiger partial charge on any atom is -0.496 e. The number of benzene rings is 1. The van der Waals surface area contributed by atoms with E-state index in [9.17, 15) is 4.79 Å². The second kappa shape index (κ2) is 6.57. The molecule has 0 unspecified atom stereocenters. The molecule has 0 heterocycles. The molecule has 0 aliphatic heterocycles. The fourth-order valence-electron chi connectivity index (χ4n) is 1.77. The van der Waals surface area contributed by atoms with Gasteiger partial charge in [-0.25, -0.2) is 0 Å². The number of carbonyl (C=O) groups is 1. The quantitative estimate of drug-likeness (QED) is 0.856. The number of methoxy groups -OCH3 is 1. The SMILES string of the molecule is COc1ccc(C(C)(C)C)cc1CNC(=O)CCO. The van der Waals surface area contributed by atoms with Crippen LogP contribution in [0.15, 0.2) is 18.2 Å². The first-order valence-corrected chi connectivity index (χ1v) is 6.43. The zero-order valence-corrected chi connectivity index (χ0v) is 12.1. The Kier molecular flexibility index (Phi) is 5.36. The third-order valence-electron chi connectivity index (χ3n) is 2.96. The molecule has 4 heteroatoms. The van der Waals surface area contributed by atoms with Crippen molar-refractivity contribution in [2.45, 2.75) is 39.2 Å². The lowest BCUT2D eigenvalue weighted by atomic mass is 9.86. The van der Waals surface area contributed by atoms with Gasteiger partial charge in [-0.1, -0.05) is 26.8 Å². The van der Waals surface area contributed by atoms with Crippen molar-refractivity contribution >= 4 is 5.91 Å². The van der Waals surface area contributed by atoms with Crippen molar-refractivity contribution in [2.75, 3.05) is 13.7 Å². The van der Waals surface area contributed by atoms with Crippen LogP contribution in [0.3, 0.4) is 0 Å². The molecule has 0 aromatic heterocycles. The molecule has 1 aromatic rings. The number of aliphatic hydroxyl groups is 1. The van der Waals surface area contributed by atoms with Crippen molar-refractivity contribution in [1.29, 1.82) is 0 Å². The van der Waals surface area contributed by atoms with Gasteiger partial charge in [0.25, 0.3) is 0 Å². The monoisotopic (exact) mass is 265 g/mol. The van der Waals surface area contributed by atoms with Crippen LogP contribution in [0.25, 0.3) is 0 Å². The molecule has 1 amide bonds. The fourth-order valence-corrected chi connectivity index (χ4v) is 1.77. The molecule has 19 heavy (non-hydrogen) atoms. The molecule has 1 rings (SSSR count). The number of hydrogen-bond acceptors (Lipinski definition) is 3. The number of carbonyl (C=O) groups excluding carboxylic acids is 1. The molecule has 106 valence electrons. The van der Waals surface area contributed by atoms with Crippen molar-refractivity contribution in [3.8, 4) is 5.75 Å². The number of amides is 1. The van der Waals surface area contributed by atoms with Crippen LogP contribution in [0, 0.1) is 0 Å². The normalized spacial score (nSPS) is 11.2. The summed E-state index contributed by atoms with van der Waals surface area (Å²) in [6.07, 6.45) is 0.126. The van der Waals surface area contributed by atoms with Gasteiger partial charge in [-0.2, -0.15) is 0 Å². The topological polar surface area (TPSA) is 58.6 Å². The molecule has 0 spiro atoms. The Morgan fingerprint density at radius 2 is 2.05 bits per heavy atom. The minimum absolute atomic E-state index is 0.0517. The molecule has 0 aliphatic carbocycles. The summed E-state index contributed by atoms with van der Waals surface area (Å²) in [5, 5.41) is 11.5. The Bertz CT molecular complexity index is 436. The molecular weight excluding hydrogens is 242 g/mol. The van der Waals surface area contributed by atoms with Crippen molar-refractivity contribution in [1.82, 2.24) is 5.32 Å². The van der Waals surface area contributed by atoms with Gasteiger partial charge in [0.15, 0.2) is 0 Å². The van der Waals surface area contributed by atoms with Crippen LogP contribution in [-0.4, -0.2) is 24.7 Å². The van der Waals surface area contributed by atoms with E-state index in [0.717, 1.165) is 11.3 Å². The maximum Gasteiger partial charge on any atom is 0.222 e. The van der Waals surface area contributed by atoms with Crippen molar-refractivity contribution < 1.29 is 14.6 Å². The van der Waals surface area contributed by atoms with Gasteiger partial charge in [-0.3, -0.25) is 4.79 Å². The van der Waals surface area contributed by atoms with Crippen LogP contribution in [0.5, 0.6) is 5.75 Å². The van der Waals surface area contributed by atoms with Crippen molar-refractivity contribution in [3.05, 3.63) is 29.3 Å². The summed E-state index contributed by atoms with van der Waals surface area (Å²) in [4.78, 5) is 11.4. The molecule has 0 bridgehead atoms. The molecule has 0 saturated carbocycles. The maximum atomic E-state index is 11.4. The summed E-state index contributed by atoms with van der Waals surface area (Å²) in [6, 6.07) is 6.02. The van der Waals surface area contributed by atoms with E-state index in [4.69, 9.17) is 9.84 Å². The first-order chi connectivity index (χ1) is 8.88. The Morgan fingerprint density at radius 1 is 1.37 bits per heavy atom. The summed E-state index contributed by atoms with van der Waals surface area (Å²) in [5.41, 5.74) is 2.19. The highest BCUT2D eigenvalue weighted by Gasteiger charge is 2.16. The van der Waals surface area contributed by atoms with E-state index in [1.807, 2.05) is 12.1 Å². The summed E-state index contributed by atoms with van der Waals surface area (Å²) >= 11 is 0. The molecule has 4 nitrogen and oxygen atoms in total. The average Bonchev–Trinajstić information content (AvgIpc) is 2.35. The molecular formula is C15H23NO3. The second-order valence-corrected chi connectivity index (χ2v) is 5.53. The molecule has 0 saturated heterocycles. The van der Waals surface area contributed by atoms with Gasteiger partial charge in [-0.15, -0.1) is 0 Å². The van der Waals surface area contributed by atoms with Gasteiger partial charge in [-0.05, 0) is 23.1 Å². The van der Waals surface area contributed by atoms with E-state index in [0.29, 0.717) is 6.54 Å². The zero-order valence-electron chi connectivity index (χ0n) is 12.1. The third-order valence-corrected chi connectivity index (χ3v) is 2.96. The van der Waals surface area contributed by atoms with E-state index in [1.54, 1.807) is 7.11 Å². The Morgan fingerprint density at radius 3 is 2.58 bits per heavy atom. The minimum atomic E-state index is -0.161. The van der Waals surface area contributed by atoms with Crippen LogP contribution in [0.1, 0.15) is 38.3 Å². The predicted octanol–water partition coefficient (Wildman–Crippen LogP) is 1.99. The highest BCUT2D eigenvalue weighted by atomic mass is 16.5. The lowest BCUT2D eigenvalue weighted by Gasteiger charge is -2.21. The maximum absolute atomic E-state index is 11.4. The van der Waals surface area contributed by atoms with Gasteiger partial charge >= 0.3 is 0 Å². The third kappa shape index (κ3) is 4.56. The van der Waals surface area contributed by atoms with Crippen molar-refractivity contribution in [3.63, 3.8) is 0 Å². The smallest absolute Gasteiger partial charge is 0.222 e. The van der Waals surface area contributed by atoms with E-state index in [2.05, 4.69) is 32.2 Å². The predicted molar refractivity (Wildman–Crippen MR) is 75.2 cm³/mol. The highest BCUT2D eigenvalue weighted by molar-refractivity contribution is 5.76. The number of rotatable bonds is 5. The number of ether oxygens (including phenoxy) is 1. The van der Waals surface area contributed by atoms with E-state index < -0.39 is 0 Å². The zero-order chi connectivity index (χ0) is 14.5. The van der Waals surface area contributed by atoms with E-state index >= 15 is 0 Å². The summed E-state index contributed by atoms with van der Waals surface area (Å²) in [7, 11) is 1.62. The standard InChI is InChI=1S/C15H23NO3/c1-15(2,3)12-5-6-13(19-4)11(9-12)10-16-14(18)7-8-17/h5-6,9,17H,7-8,10H2,1-4H3,(H,16,18). The van der Waals surface area contributed by atoms with Crippen molar-refractivity contribution in [2.24, 2.45) is 0 Å². The summed E-state index contributed by atoms with van der Waals surface area (Å²) in [5.74, 6) is 0.600. The van der Waals surface area contributed by atoms with Crippen LogP contribution >= 0.6 is 0 Å². The van der Waals surface area contributed by atoms with Gasteiger partial charge < -0.3 is 15.2 Å². The van der Waals surface area contributed by atoms with E-state index in [1.165, 1.54) is 5.56 Å². The molecule has 0 atom stereocenters. The molecule has 0 aliphatic rings. The lowest BCUT2D eigenvalue weighted by Crippen LogP contribution is -2.24. The molecule has 0 fully saturated rings. The van der Waals surface area contributed by atoms with Crippen LogP contribution < -0.4 is 10.1 Å². The number of nitrogens with one attached hydrogen (secondary N) is 1. The first-order valence-electron chi connectivity index (χ1n) is 6.43. The fraction of sp³-hybridized carbons (Fsp3) is 0.533. The van der Waals surface area contributed by atoms with E-state index in [-0.39, 0.29) is 24.3 Å². The van der Waals surface area contributed by atoms with Crippen LogP contribution in [0.2, 0.25) is 0 Å². The number of aliphatic hydroxyl groups excluding tert-OH is 1. The van der Waals surface area contributed by atoms with Crippen LogP contribution in [0.4, 0.5) is 0 Å². The lowest BCUT2D eigenvalue weighted by molar-refractivity contribution is -0.121. The largest absolute Gasteiger partial charge is 0.496 e. The summed E-state index contributed by atoms with van der Waals surface area (Å²) in [6.45, 7) is 6.70. The second-order valence-electron chi connectivity index (χ2n) is 5.53. The van der Waals surface area contributed by atoms with Gasteiger partial charge in [0, 0.05) is 18.5 Å². The summed E-state index contributed by atoms with van der Waals surface area (Å²) < 4.78 is 5.30. The first kappa shape index (κ1) is 15.5. The Hall–Kier alpha value is -1.55. The molecule has 1 aromatic carbocycles.